The van der Waals surface area contributed by atoms with Crippen molar-refractivity contribution < 1.29 is 9.59 Å². The summed E-state index contributed by atoms with van der Waals surface area (Å²) in [5.41, 5.74) is 1.30. The quantitative estimate of drug-likeness (QED) is 0.0619. The van der Waals surface area contributed by atoms with Gasteiger partial charge in [-0.2, -0.15) is 0 Å². The Morgan fingerprint density at radius 3 is 1.67 bits per heavy atom. The maximum Gasteiger partial charge on any atom is 0.225 e. The molecule has 42 heavy (non-hydrogen) atoms. The smallest absolute Gasteiger partial charge is 0.225 e. The third-order valence-corrected chi connectivity index (χ3v) is 9.28. The number of carbonyl (C=O) groups excluding carboxylic acids is 2. The molecule has 1 saturated heterocycles. The minimum atomic E-state index is 0.206. The van der Waals surface area contributed by atoms with Gasteiger partial charge in [0.25, 0.3) is 0 Å². The average molecular weight is 589 g/mol. The normalized spacial score (nSPS) is 14.4. The summed E-state index contributed by atoms with van der Waals surface area (Å²) in [6, 6.07) is 0. The summed E-state index contributed by atoms with van der Waals surface area (Å²) in [7, 11) is 0. The zero-order chi connectivity index (χ0) is 30.7. The molecule has 0 N–H and O–H groups in total. The lowest BCUT2D eigenvalue weighted by Crippen LogP contribution is -2.39. The lowest BCUT2D eigenvalue weighted by molar-refractivity contribution is -0.136. The Hall–Kier alpha value is -1.16. The van der Waals surface area contributed by atoms with E-state index >= 15 is 0 Å². The Labute approximate surface area is 262 Å². The number of unbranched alkanes of at least 4 members (excludes halogenated alkanes) is 15. The van der Waals surface area contributed by atoms with E-state index in [1.807, 2.05) is 0 Å². The molecule has 1 rings (SSSR count). The first-order valence-corrected chi connectivity index (χ1v) is 18.6. The highest BCUT2D eigenvalue weighted by atomic mass is 16.2. The van der Waals surface area contributed by atoms with Crippen molar-refractivity contribution in [1.82, 2.24) is 9.80 Å². The summed E-state index contributed by atoms with van der Waals surface area (Å²) in [6.07, 6.45) is 30.2. The fourth-order valence-electron chi connectivity index (χ4n) is 6.55. The van der Waals surface area contributed by atoms with Crippen LogP contribution in [0.5, 0.6) is 0 Å². The van der Waals surface area contributed by atoms with Crippen LogP contribution in [0, 0.1) is 5.92 Å². The van der Waals surface area contributed by atoms with E-state index < -0.39 is 0 Å². The number of ketones is 1. The van der Waals surface area contributed by atoms with E-state index in [1.54, 1.807) is 6.92 Å². The van der Waals surface area contributed by atoms with E-state index in [1.165, 1.54) is 134 Å². The van der Waals surface area contributed by atoms with E-state index in [4.69, 9.17) is 0 Å². The van der Waals surface area contributed by atoms with Gasteiger partial charge in [-0.3, -0.25) is 4.79 Å². The van der Waals surface area contributed by atoms with Gasteiger partial charge < -0.3 is 14.6 Å². The minimum Gasteiger partial charge on any atom is -0.342 e. The molecule has 1 atom stereocenters. The molecular formula is C38H72N2O2. The van der Waals surface area contributed by atoms with Crippen LogP contribution in [0.3, 0.4) is 0 Å². The Morgan fingerprint density at radius 2 is 1.12 bits per heavy atom. The molecule has 1 amide bonds. The number of Topliss-reactive ketones (excluding diaryl/α,β-unsaturated/α-hetero) is 1. The highest BCUT2D eigenvalue weighted by molar-refractivity contribution is 5.78. The number of hydrogen-bond acceptors (Lipinski definition) is 3. The van der Waals surface area contributed by atoms with Gasteiger partial charge in [0, 0.05) is 25.4 Å². The number of rotatable bonds is 30. The summed E-state index contributed by atoms with van der Waals surface area (Å²) in [5.74, 6) is 0.986. The molecule has 1 fully saturated rings. The van der Waals surface area contributed by atoms with Crippen LogP contribution in [0.25, 0.3) is 0 Å². The van der Waals surface area contributed by atoms with Crippen molar-refractivity contribution in [3.8, 4) is 0 Å². The molecule has 1 aliphatic heterocycles. The zero-order valence-electron chi connectivity index (χ0n) is 28.7. The SMILES string of the molecule is C=C(C)CCCCCCCCC(CCCCCCCCC(C)=O)C(=O)N(CCCCCCCC)CCCN1CCCC1. The first-order chi connectivity index (χ1) is 20.4. The van der Waals surface area contributed by atoms with Gasteiger partial charge in [0.2, 0.25) is 5.91 Å². The van der Waals surface area contributed by atoms with Gasteiger partial charge in [-0.25, -0.2) is 0 Å². The van der Waals surface area contributed by atoms with Crippen LogP contribution >= 0.6 is 0 Å². The molecule has 0 aromatic rings. The number of amides is 1. The topological polar surface area (TPSA) is 40.6 Å². The molecule has 0 bridgehead atoms. The lowest BCUT2D eigenvalue weighted by Gasteiger charge is -2.29. The summed E-state index contributed by atoms with van der Waals surface area (Å²) >= 11 is 0. The average Bonchev–Trinajstić information content (AvgIpc) is 3.48. The number of nitrogens with zero attached hydrogens (tertiary/aromatic N) is 2. The van der Waals surface area contributed by atoms with Crippen LogP contribution in [0.1, 0.15) is 181 Å². The molecule has 1 heterocycles. The maximum atomic E-state index is 14.0. The summed E-state index contributed by atoms with van der Waals surface area (Å²) in [6.45, 7) is 15.7. The first kappa shape index (κ1) is 38.9. The Bertz CT molecular complexity index is 640. The molecule has 1 unspecified atom stereocenters. The van der Waals surface area contributed by atoms with Crippen LogP contribution in [0.4, 0.5) is 0 Å². The molecule has 0 radical (unpaired) electrons. The highest BCUT2D eigenvalue weighted by Gasteiger charge is 2.24. The largest absolute Gasteiger partial charge is 0.342 e. The van der Waals surface area contributed by atoms with Gasteiger partial charge in [-0.1, -0.05) is 109 Å². The summed E-state index contributed by atoms with van der Waals surface area (Å²) in [5, 5.41) is 0. The standard InChI is InChI=1S/C38H72N2O2/c1-5-6-7-8-17-22-33-40(34-25-32-39-30-23-24-31-39)38(42)37(28-20-15-11-9-13-18-26-35(2)3)29-21-16-12-10-14-19-27-36(4)41/h37H,2,5-34H2,1,3-4H3. The maximum absolute atomic E-state index is 14.0. The van der Waals surface area contributed by atoms with Crippen molar-refractivity contribution in [2.24, 2.45) is 5.92 Å². The molecule has 4 heteroatoms. The van der Waals surface area contributed by atoms with E-state index in [-0.39, 0.29) is 5.92 Å². The number of likely N-dealkylation sites (tertiary alicyclic amines) is 1. The highest BCUT2D eigenvalue weighted by Crippen LogP contribution is 2.23. The second-order valence-corrected chi connectivity index (χ2v) is 13.7. The van der Waals surface area contributed by atoms with Gasteiger partial charge in [-0.05, 0) is 91.3 Å². The third kappa shape index (κ3) is 22.4. The summed E-state index contributed by atoms with van der Waals surface area (Å²) < 4.78 is 0. The van der Waals surface area contributed by atoms with Gasteiger partial charge in [-0.15, -0.1) is 6.58 Å². The predicted molar refractivity (Wildman–Crippen MR) is 183 cm³/mol. The fraction of sp³-hybridized carbons (Fsp3) is 0.895. The van der Waals surface area contributed by atoms with Gasteiger partial charge in [0.15, 0.2) is 0 Å². The van der Waals surface area contributed by atoms with Crippen molar-refractivity contribution in [2.45, 2.75) is 181 Å². The van der Waals surface area contributed by atoms with Crippen LogP contribution in [0.2, 0.25) is 0 Å². The third-order valence-electron chi connectivity index (χ3n) is 9.28. The van der Waals surface area contributed by atoms with Crippen molar-refractivity contribution in [2.75, 3.05) is 32.7 Å². The predicted octanol–water partition coefficient (Wildman–Crippen LogP) is 10.7. The molecule has 0 spiro atoms. The molecular weight excluding hydrogens is 516 g/mol. The Balaban J connectivity index is 2.59. The van der Waals surface area contributed by atoms with Crippen molar-refractivity contribution in [3.05, 3.63) is 12.2 Å². The molecule has 4 nitrogen and oxygen atoms in total. The number of carbonyl (C=O) groups is 2. The van der Waals surface area contributed by atoms with Gasteiger partial charge >= 0.3 is 0 Å². The van der Waals surface area contributed by atoms with E-state index in [0.29, 0.717) is 11.7 Å². The molecule has 246 valence electrons. The fourth-order valence-corrected chi connectivity index (χ4v) is 6.55. The lowest BCUT2D eigenvalue weighted by atomic mass is 9.92. The molecule has 0 aromatic carbocycles. The molecule has 0 aromatic heterocycles. The monoisotopic (exact) mass is 589 g/mol. The van der Waals surface area contributed by atoms with E-state index in [0.717, 1.165) is 64.6 Å². The second kappa shape index (κ2) is 27.4. The Kier molecular flexibility index (Phi) is 25.3. The van der Waals surface area contributed by atoms with Gasteiger partial charge in [0.05, 0.1) is 0 Å². The molecule has 1 aliphatic rings. The van der Waals surface area contributed by atoms with Crippen molar-refractivity contribution >= 4 is 11.7 Å². The number of allylic oxidation sites excluding steroid dienone is 1. The van der Waals surface area contributed by atoms with Crippen molar-refractivity contribution in [3.63, 3.8) is 0 Å². The van der Waals surface area contributed by atoms with Crippen LogP contribution in [-0.4, -0.2) is 54.2 Å². The zero-order valence-corrected chi connectivity index (χ0v) is 28.7. The van der Waals surface area contributed by atoms with Crippen LogP contribution < -0.4 is 0 Å². The Morgan fingerprint density at radius 1 is 0.643 bits per heavy atom. The molecule has 0 aliphatic carbocycles. The molecule has 0 saturated carbocycles. The van der Waals surface area contributed by atoms with E-state index in [9.17, 15) is 9.59 Å². The number of hydrogen-bond donors (Lipinski definition) is 0. The van der Waals surface area contributed by atoms with Crippen LogP contribution in [-0.2, 0) is 9.59 Å². The van der Waals surface area contributed by atoms with E-state index in [2.05, 4.69) is 30.2 Å². The van der Waals surface area contributed by atoms with Crippen LogP contribution in [0.15, 0.2) is 12.2 Å². The van der Waals surface area contributed by atoms with Crippen molar-refractivity contribution in [1.29, 1.82) is 0 Å². The second-order valence-electron chi connectivity index (χ2n) is 13.7. The minimum absolute atomic E-state index is 0.206. The summed E-state index contributed by atoms with van der Waals surface area (Å²) in [4.78, 5) is 30.1. The first-order valence-electron chi connectivity index (χ1n) is 18.6. The van der Waals surface area contributed by atoms with Gasteiger partial charge in [0.1, 0.15) is 5.78 Å².